The number of hydrogen-bond donors (Lipinski definition) is 0. The summed E-state index contributed by atoms with van der Waals surface area (Å²) in [5.74, 6) is 0.704. The summed E-state index contributed by atoms with van der Waals surface area (Å²) < 4.78 is 1.17. The van der Waals surface area contributed by atoms with Crippen LogP contribution in [0.25, 0.3) is 0 Å². The van der Waals surface area contributed by atoms with E-state index in [2.05, 4.69) is 52.0 Å². The first-order valence-electron chi connectivity index (χ1n) is 6.26. The lowest BCUT2D eigenvalue weighted by Crippen LogP contribution is -2.35. The first-order chi connectivity index (χ1) is 8.15. The topological polar surface area (TPSA) is 3.24 Å². The van der Waals surface area contributed by atoms with Crippen LogP contribution in [-0.2, 0) is 6.54 Å². The minimum absolute atomic E-state index is 0.322. The fraction of sp³-hybridized carbons (Fsp3) is 0.571. The summed E-state index contributed by atoms with van der Waals surface area (Å²) in [5.41, 5.74) is 1.39. The van der Waals surface area contributed by atoms with Crippen LogP contribution in [0.5, 0.6) is 0 Å². The lowest BCUT2D eigenvalue weighted by molar-refractivity contribution is 0.176. The van der Waals surface area contributed by atoms with Gasteiger partial charge < -0.3 is 0 Å². The van der Waals surface area contributed by atoms with Crippen LogP contribution in [0.15, 0.2) is 28.7 Å². The van der Waals surface area contributed by atoms with Crippen molar-refractivity contribution in [1.29, 1.82) is 0 Å². The van der Waals surface area contributed by atoms with E-state index in [0.29, 0.717) is 11.3 Å². The number of rotatable bonds is 3. The van der Waals surface area contributed by atoms with E-state index in [1.807, 2.05) is 0 Å². The molecule has 0 amide bonds. The molecule has 1 saturated heterocycles. The Balaban J connectivity index is 1.86. The monoisotopic (exact) mass is 315 g/mol. The lowest BCUT2D eigenvalue weighted by Gasteiger charge is -2.33. The molecule has 17 heavy (non-hydrogen) atoms. The molecule has 1 atom stereocenters. The van der Waals surface area contributed by atoms with Crippen molar-refractivity contribution in [2.45, 2.75) is 31.7 Å². The Kier molecular flexibility index (Phi) is 4.89. The van der Waals surface area contributed by atoms with Gasteiger partial charge in [-0.3, -0.25) is 4.90 Å². The highest BCUT2D eigenvalue weighted by Crippen LogP contribution is 2.25. The van der Waals surface area contributed by atoms with Crippen molar-refractivity contribution in [1.82, 2.24) is 4.90 Å². The van der Waals surface area contributed by atoms with Gasteiger partial charge in [0.05, 0.1) is 0 Å². The Morgan fingerprint density at radius 3 is 2.71 bits per heavy atom. The van der Waals surface area contributed by atoms with Crippen molar-refractivity contribution in [2.24, 2.45) is 5.92 Å². The van der Waals surface area contributed by atoms with E-state index in [9.17, 15) is 0 Å². The molecule has 2 rings (SSSR count). The molecular formula is C14H19BrClN. The van der Waals surface area contributed by atoms with E-state index in [0.717, 1.165) is 6.54 Å². The normalized spacial score (nSPS) is 20.4. The summed E-state index contributed by atoms with van der Waals surface area (Å²) in [6.45, 7) is 5.53. The van der Waals surface area contributed by atoms with E-state index >= 15 is 0 Å². The van der Waals surface area contributed by atoms with Crippen LogP contribution in [0.4, 0.5) is 0 Å². The van der Waals surface area contributed by atoms with Crippen molar-refractivity contribution in [3.63, 3.8) is 0 Å². The summed E-state index contributed by atoms with van der Waals surface area (Å²) in [4.78, 5) is 2.53. The number of benzene rings is 1. The molecule has 94 valence electrons. The van der Waals surface area contributed by atoms with Crippen molar-refractivity contribution < 1.29 is 0 Å². The molecule has 0 aromatic heterocycles. The van der Waals surface area contributed by atoms with Gasteiger partial charge in [-0.2, -0.15) is 0 Å². The van der Waals surface area contributed by atoms with Gasteiger partial charge in [0.1, 0.15) is 0 Å². The number of nitrogens with zero attached hydrogens (tertiary/aromatic N) is 1. The molecule has 1 fully saturated rings. The third kappa shape index (κ3) is 3.97. The molecule has 1 aliphatic rings. The van der Waals surface area contributed by atoms with Crippen LogP contribution < -0.4 is 0 Å². The number of piperidine rings is 1. The van der Waals surface area contributed by atoms with Gasteiger partial charge in [0, 0.05) is 16.4 Å². The van der Waals surface area contributed by atoms with E-state index in [4.69, 9.17) is 11.6 Å². The highest BCUT2D eigenvalue weighted by atomic mass is 79.9. The summed E-state index contributed by atoms with van der Waals surface area (Å²) >= 11 is 9.68. The zero-order valence-corrected chi connectivity index (χ0v) is 12.5. The summed E-state index contributed by atoms with van der Waals surface area (Å²) in [6, 6.07) is 8.58. The molecule has 1 aliphatic heterocycles. The van der Waals surface area contributed by atoms with E-state index < -0.39 is 0 Å². The van der Waals surface area contributed by atoms with Gasteiger partial charge in [0.2, 0.25) is 0 Å². The molecule has 1 nitrogen and oxygen atoms in total. The van der Waals surface area contributed by atoms with Crippen molar-refractivity contribution in [2.75, 3.05) is 13.1 Å². The van der Waals surface area contributed by atoms with Crippen LogP contribution in [0.1, 0.15) is 25.3 Å². The minimum atomic E-state index is 0.322. The maximum absolute atomic E-state index is 6.16. The fourth-order valence-electron chi connectivity index (χ4n) is 2.46. The highest BCUT2D eigenvalue weighted by Gasteiger charge is 2.22. The average Bonchev–Trinajstić information content (AvgIpc) is 2.29. The first kappa shape index (κ1) is 13.4. The predicted molar refractivity (Wildman–Crippen MR) is 77.5 cm³/mol. The van der Waals surface area contributed by atoms with Crippen LogP contribution in [-0.4, -0.2) is 23.4 Å². The minimum Gasteiger partial charge on any atom is -0.299 e. The van der Waals surface area contributed by atoms with Gasteiger partial charge >= 0.3 is 0 Å². The number of likely N-dealkylation sites (tertiary alicyclic amines) is 1. The van der Waals surface area contributed by atoms with Crippen molar-refractivity contribution in [3.05, 3.63) is 34.3 Å². The molecule has 1 aromatic rings. The molecular weight excluding hydrogens is 298 g/mol. The van der Waals surface area contributed by atoms with Gasteiger partial charge in [-0.15, -0.1) is 11.6 Å². The van der Waals surface area contributed by atoms with Gasteiger partial charge in [0.25, 0.3) is 0 Å². The molecule has 1 heterocycles. The molecule has 0 spiro atoms. The van der Waals surface area contributed by atoms with Gasteiger partial charge in [0.15, 0.2) is 0 Å². The number of hydrogen-bond acceptors (Lipinski definition) is 1. The van der Waals surface area contributed by atoms with Gasteiger partial charge in [-0.05, 0) is 56.5 Å². The number of alkyl halides is 1. The first-order valence-corrected chi connectivity index (χ1v) is 7.49. The summed E-state index contributed by atoms with van der Waals surface area (Å²) in [7, 11) is 0. The van der Waals surface area contributed by atoms with Crippen LogP contribution in [0.3, 0.4) is 0 Å². The van der Waals surface area contributed by atoms with Crippen molar-refractivity contribution in [3.8, 4) is 0 Å². The second-order valence-electron chi connectivity index (χ2n) is 4.92. The molecule has 1 aromatic carbocycles. The SMILES string of the molecule is CC(Cl)C1CCN(Cc2cccc(Br)c2)CC1. The summed E-state index contributed by atoms with van der Waals surface area (Å²) in [6.07, 6.45) is 2.47. The molecule has 1 unspecified atom stereocenters. The molecule has 0 saturated carbocycles. The largest absolute Gasteiger partial charge is 0.299 e. The summed E-state index contributed by atoms with van der Waals surface area (Å²) in [5, 5.41) is 0.322. The van der Waals surface area contributed by atoms with Crippen LogP contribution in [0, 0.1) is 5.92 Å². The zero-order chi connectivity index (χ0) is 12.3. The molecule has 0 bridgehead atoms. The quantitative estimate of drug-likeness (QED) is 0.752. The molecule has 0 aliphatic carbocycles. The standard InChI is InChI=1S/C14H19BrClN/c1-11(16)13-5-7-17(8-6-13)10-12-3-2-4-14(15)9-12/h2-4,9,11,13H,5-8,10H2,1H3. The fourth-order valence-corrected chi connectivity index (χ4v) is 3.16. The smallest absolute Gasteiger partial charge is 0.0337 e. The second-order valence-corrected chi connectivity index (χ2v) is 6.53. The molecule has 0 N–H and O–H groups in total. The Labute approximate surface area is 117 Å². The molecule has 0 radical (unpaired) electrons. The maximum atomic E-state index is 6.16. The Hall–Kier alpha value is -0.0500. The average molecular weight is 317 g/mol. The Bertz CT molecular complexity index is 359. The van der Waals surface area contributed by atoms with E-state index in [1.165, 1.54) is 36.0 Å². The third-order valence-corrected chi connectivity index (χ3v) is 4.43. The van der Waals surface area contributed by atoms with Crippen LogP contribution >= 0.6 is 27.5 Å². The zero-order valence-electron chi connectivity index (χ0n) is 10.2. The highest BCUT2D eigenvalue weighted by molar-refractivity contribution is 9.10. The maximum Gasteiger partial charge on any atom is 0.0337 e. The Morgan fingerprint density at radius 2 is 2.12 bits per heavy atom. The third-order valence-electron chi connectivity index (χ3n) is 3.58. The van der Waals surface area contributed by atoms with Gasteiger partial charge in [-0.1, -0.05) is 28.1 Å². The van der Waals surface area contributed by atoms with Crippen molar-refractivity contribution >= 4 is 27.5 Å². The van der Waals surface area contributed by atoms with Gasteiger partial charge in [-0.25, -0.2) is 0 Å². The lowest BCUT2D eigenvalue weighted by atomic mass is 9.94. The van der Waals surface area contributed by atoms with E-state index in [-0.39, 0.29) is 0 Å². The Morgan fingerprint density at radius 1 is 1.41 bits per heavy atom. The van der Waals surface area contributed by atoms with E-state index in [1.54, 1.807) is 0 Å². The van der Waals surface area contributed by atoms with Crippen LogP contribution in [0.2, 0.25) is 0 Å². The predicted octanol–water partition coefficient (Wildman–Crippen LogP) is 4.29. The molecule has 3 heteroatoms. The number of halogens is 2. The second kappa shape index (κ2) is 6.21.